The second-order valence-corrected chi connectivity index (χ2v) is 6.48. The van der Waals surface area contributed by atoms with E-state index in [4.69, 9.17) is 0 Å². The van der Waals surface area contributed by atoms with E-state index in [0.29, 0.717) is 12.2 Å². The van der Waals surface area contributed by atoms with Crippen LogP contribution in [-0.2, 0) is 19.2 Å². The Labute approximate surface area is 130 Å². The standard InChI is InChI=1S/C15H24N6O/c1-12(2)21-9-13(17-18-21)15(22)5-4-7-20(11-15)10-14-16-6-8-19(14)3/h6,8-9,12,22H,4-5,7,10-11H2,1-3H3. The van der Waals surface area contributed by atoms with E-state index >= 15 is 0 Å². The van der Waals surface area contributed by atoms with Gasteiger partial charge in [-0.25, -0.2) is 9.67 Å². The van der Waals surface area contributed by atoms with E-state index in [1.165, 1.54) is 0 Å². The molecule has 7 heteroatoms. The number of aliphatic hydroxyl groups is 1. The fourth-order valence-corrected chi connectivity index (χ4v) is 2.96. The van der Waals surface area contributed by atoms with Crippen molar-refractivity contribution in [1.82, 2.24) is 29.4 Å². The van der Waals surface area contributed by atoms with Crippen LogP contribution in [0.4, 0.5) is 0 Å². The van der Waals surface area contributed by atoms with Crippen molar-refractivity contribution >= 4 is 0 Å². The van der Waals surface area contributed by atoms with Crippen molar-refractivity contribution in [2.45, 2.75) is 44.9 Å². The van der Waals surface area contributed by atoms with Crippen LogP contribution in [-0.4, -0.2) is 47.6 Å². The van der Waals surface area contributed by atoms with Crippen LogP contribution in [0, 0.1) is 0 Å². The van der Waals surface area contributed by atoms with Crippen LogP contribution < -0.4 is 0 Å². The summed E-state index contributed by atoms with van der Waals surface area (Å²) in [6.07, 6.45) is 7.28. The molecule has 2 aromatic rings. The van der Waals surface area contributed by atoms with E-state index in [-0.39, 0.29) is 6.04 Å². The maximum Gasteiger partial charge on any atom is 0.123 e. The van der Waals surface area contributed by atoms with Gasteiger partial charge in [-0.1, -0.05) is 5.21 Å². The normalized spacial score (nSPS) is 23.3. The molecule has 22 heavy (non-hydrogen) atoms. The number of nitrogens with zero attached hydrogens (tertiary/aromatic N) is 6. The molecule has 1 aliphatic rings. The Hall–Kier alpha value is -1.73. The largest absolute Gasteiger partial charge is 0.382 e. The molecule has 3 heterocycles. The number of imidazole rings is 1. The van der Waals surface area contributed by atoms with Gasteiger partial charge in [0, 0.05) is 32.0 Å². The molecule has 120 valence electrons. The maximum absolute atomic E-state index is 11.0. The number of β-amino-alcohol motifs (C(OH)–C–C–N with tert-alkyl or cyclic N) is 1. The lowest BCUT2D eigenvalue weighted by Crippen LogP contribution is -2.46. The lowest BCUT2D eigenvalue weighted by atomic mass is 9.90. The Balaban J connectivity index is 1.74. The minimum atomic E-state index is -0.920. The molecule has 0 amide bonds. The van der Waals surface area contributed by atoms with Gasteiger partial charge in [0.15, 0.2) is 0 Å². The van der Waals surface area contributed by atoms with Crippen LogP contribution in [0.15, 0.2) is 18.6 Å². The van der Waals surface area contributed by atoms with Gasteiger partial charge in [-0.15, -0.1) is 5.10 Å². The van der Waals surface area contributed by atoms with Crippen molar-refractivity contribution in [3.05, 3.63) is 30.1 Å². The quantitative estimate of drug-likeness (QED) is 0.915. The van der Waals surface area contributed by atoms with E-state index in [9.17, 15) is 5.11 Å². The molecule has 0 aliphatic carbocycles. The van der Waals surface area contributed by atoms with Gasteiger partial charge in [0.25, 0.3) is 0 Å². The predicted octanol–water partition coefficient (Wildman–Crippen LogP) is 1.08. The molecule has 1 fully saturated rings. The molecular weight excluding hydrogens is 280 g/mol. The first-order valence-electron chi connectivity index (χ1n) is 7.81. The van der Waals surface area contributed by atoms with Crippen LogP contribution in [0.1, 0.15) is 44.2 Å². The van der Waals surface area contributed by atoms with Crippen LogP contribution in [0.25, 0.3) is 0 Å². The molecule has 1 atom stereocenters. The smallest absolute Gasteiger partial charge is 0.123 e. The van der Waals surface area contributed by atoms with Crippen LogP contribution in [0.5, 0.6) is 0 Å². The second kappa shape index (κ2) is 5.81. The molecule has 0 radical (unpaired) electrons. The third-order valence-corrected chi connectivity index (χ3v) is 4.35. The average molecular weight is 304 g/mol. The molecule has 1 N–H and O–H groups in total. The predicted molar refractivity (Wildman–Crippen MR) is 82.0 cm³/mol. The highest BCUT2D eigenvalue weighted by Gasteiger charge is 2.37. The molecule has 0 bridgehead atoms. The Morgan fingerprint density at radius 3 is 2.86 bits per heavy atom. The summed E-state index contributed by atoms with van der Waals surface area (Å²) in [6, 6.07) is 0.247. The molecule has 2 aromatic heterocycles. The minimum Gasteiger partial charge on any atom is -0.382 e. The molecule has 3 rings (SSSR count). The number of likely N-dealkylation sites (tertiary alicyclic amines) is 1. The summed E-state index contributed by atoms with van der Waals surface area (Å²) >= 11 is 0. The summed E-state index contributed by atoms with van der Waals surface area (Å²) in [4.78, 5) is 6.60. The summed E-state index contributed by atoms with van der Waals surface area (Å²) in [5, 5.41) is 19.3. The zero-order valence-electron chi connectivity index (χ0n) is 13.5. The first kappa shape index (κ1) is 15.2. The third kappa shape index (κ3) is 2.91. The van der Waals surface area contributed by atoms with Crippen molar-refractivity contribution in [2.75, 3.05) is 13.1 Å². The zero-order chi connectivity index (χ0) is 15.7. The summed E-state index contributed by atoms with van der Waals surface area (Å²) in [6.45, 7) is 6.38. The number of piperidine rings is 1. The van der Waals surface area contributed by atoms with Crippen molar-refractivity contribution in [3.63, 3.8) is 0 Å². The SMILES string of the molecule is CC(C)n1cc(C2(O)CCCN(Cc3nccn3C)C2)nn1. The number of hydrogen-bond donors (Lipinski definition) is 1. The Morgan fingerprint density at radius 2 is 2.23 bits per heavy atom. The van der Waals surface area contributed by atoms with Gasteiger partial charge in [-0.2, -0.15) is 0 Å². The van der Waals surface area contributed by atoms with Crippen molar-refractivity contribution < 1.29 is 5.11 Å². The fourth-order valence-electron chi connectivity index (χ4n) is 2.96. The average Bonchev–Trinajstić information content (AvgIpc) is 3.09. The summed E-state index contributed by atoms with van der Waals surface area (Å²) in [5.41, 5.74) is -0.248. The number of aryl methyl sites for hydroxylation is 1. The van der Waals surface area contributed by atoms with E-state index in [0.717, 1.165) is 31.8 Å². The molecule has 0 aromatic carbocycles. The summed E-state index contributed by atoms with van der Waals surface area (Å²) < 4.78 is 3.81. The van der Waals surface area contributed by atoms with Crippen molar-refractivity contribution in [2.24, 2.45) is 7.05 Å². The molecule has 0 saturated carbocycles. The van der Waals surface area contributed by atoms with E-state index in [1.807, 2.05) is 24.0 Å². The highest BCUT2D eigenvalue weighted by molar-refractivity contribution is 5.10. The van der Waals surface area contributed by atoms with Crippen LogP contribution in [0.3, 0.4) is 0 Å². The summed E-state index contributed by atoms with van der Waals surface area (Å²) in [5.74, 6) is 1.01. The molecule has 0 spiro atoms. The highest BCUT2D eigenvalue weighted by Crippen LogP contribution is 2.31. The first-order valence-corrected chi connectivity index (χ1v) is 7.81. The monoisotopic (exact) mass is 304 g/mol. The van der Waals surface area contributed by atoms with Gasteiger partial charge in [0.2, 0.25) is 0 Å². The number of aromatic nitrogens is 5. The molecule has 1 saturated heterocycles. The van der Waals surface area contributed by atoms with Gasteiger partial charge in [0.1, 0.15) is 17.1 Å². The lowest BCUT2D eigenvalue weighted by molar-refractivity contribution is -0.0422. The van der Waals surface area contributed by atoms with Crippen LogP contribution in [0.2, 0.25) is 0 Å². The van der Waals surface area contributed by atoms with E-state index < -0.39 is 5.60 Å². The van der Waals surface area contributed by atoms with E-state index in [1.54, 1.807) is 10.9 Å². The van der Waals surface area contributed by atoms with Gasteiger partial charge in [-0.3, -0.25) is 4.90 Å². The highest BCUT2D eigenvalue weighted by atomic mass is 16.3. The van der Waals surface area contributed by atoms with Crippen molar-refractivity contribution in [1.29, 1.82) is 0 Å². The Morgan fingerprint density at radius 1 is 1.41 bits per heavy atom. The van der Waals surface area contributed by atoms with Gasteiger partial charge < -0.3 is 9.67 Å². The Kier molecular flexibility index (Phi) is 4.01. The maximum atomic E-state index is 11.0. The number of rotatable bonds is 4. The number of hydrogen-bond acceptors (Lipinski definition) is 5. The van der Waals surface area contributed by atoms with Gasteiger partial charge in [-0.05, 0) is 33.2 Å². The molecule has 1 aliphatic heterocycles. The first-order chi connectivity index (χ1) is 10.5. The molecular formula is C15H24N6O. The van der Waals surface area contributed by atoms with Gasteiger partial charge in [0.05, 0.1) is 12.7 Å². The lowest BCUT2D eigenvalue weighted by Gasteiger charge is -2.37. The molecule has 7 nitrogen and oxygen atoms in total. The van der Waals surface area contributed by atoms with Gasteiger partial charge >= 0.3 is 0 Å². The molecule has 1 unspecified atom stereocenters. The van der Waals surface area contributed by atoms with Crippen molar-refractivity contribution in [3.8, 4) is 0 Å². The zero-order valence-corrected chi connectivity index (χ0v) is 13.5. The second-order valence-electron chi connectivity index (χ2n) is 6.48. The Bertz CT molecular complexity index is 634. The third-order valence-electron chi connectivity index (χ3n) is 4.35. The van der Waals surface area contributed by atoms with E-state index in [2.05, 4.69) is 34.0 Å². The summed E-state index contributed by atoms with van der Waals surface area (Å²) in [7, 11) is 1.99. The topological polar surface area (TPSA) is 72.0 Å². The minimum absolute atomic E-state index is 0.247. The van der Waals surface area contributed by atoms with Crippen LogP contribution >= 0.6 is 0 Å². The fraction of sp³-hybridized carbons (Fsp3) is 0.667.